The summed E-state index contributed by atoms with van der Waals surface area (Å²) in [6.07, 6.45) is 1.48. The lowest BCUT2D eigenvalue weighted by Crippen LogP contribution is -2.07. The van der Waals surface area contributed by atoms with Crippen LogP contribution in [-0.2, 0) is 0 Å². The molecule has 1 heterocycles. The minimum atomic E-state index is -3.06. The summed E-state index contributed by atoms with van der Waals surface area (Å²) in [6, 6.07) is 5.89. The van der Waals surface area contributed by atoms with E-state index in [0.717, 1.165) is 0 Å². The Kier molecular flexibility index (Phi) is 4.66. The number of ether oxygens (including phenoxy) is 1. The van der Waals surface area contributed by atoms with Crippen LogP contribution >= 0.6 is 0 Å². The molecule has 7 nitrogen and oxygen atoms in total. The van der Waals surface area contributed by atoms with Gasteiger partial charge in [-0.1, -0.05) is 0 Å². The topological polar surface area (TPSA) is 124 Å². The maximum Gasteiger partial charge on any atom is 0.387 e. The van der Waals surface area contributed by atoms with Crippen LogP contribution in [-0.4, -0.2) is 21.8 Å². The summed E-state index contributed by atoms with van der Waals surface area (Å²) >= 11 is 0. The number of hydrogen-bond donors (Lipinski definition) is 2. The first-order valence-corrected chi connectivity index (χ1v) is 6.34. The standard InChI is InChI=1S/C14H12F2N6O/c1-7(18)4-10-12(21-22-14(19)20-10)9-3-2-8(6-17)5-11(9)23-13(15)16/h2-5,13H,18H2,1H3,(H2,19,20,22). The van der Waals surface area contributed by atoms with Gasteiger partial charge < -0.3 is 16.2 Å². The zero-order chi connectivity index (χ0) is 17.0. The summed E-state index contributed by atoms with van der Waals surface area (Å²) in [5.74, 6) is -0.310. The van der Waals surface area contributed by atoms with Gasteiger partial charge in [0.25, 0.3) is 0 Å². The quantitative estimate of drug-likeness (QED) is 0.882. The molecule has 1 aromatic carbocycles. The van der Waals surface area contributed by atoms with Crippen molar-refractivity contribution in [3.05, 3.63) is 35.2 Å². The van der Waals surface area contributed by atoms with E-state index in [1.165, 1.54) is 24.3 Å². The lowest BCUT2D eigenvalue weighted by atomic mass is 10.1. The second-order valence-electron chi connectivity index (χ2n) is 4.49. The zero-order valence-corrected chi connectivity index (χ0v) is 12.0. The normalized spacial score (nSPS) is 11.3. The largest absolute Gasteiger partial charge is 0.434 e. The zero-order valence-electron chi connectivity index (χ0n) is 12.0. The first kappa shape index (κ1) is 16.1. The van der Waals surface area contributed by atoms with Crippen LogP contribution in [0.5, 0.6) is 5.75 Å². The van der Waals surface area contributed by atoms with E-state index >= 15 is 0 Å². The van der Waals surface area contributed by atoms with Gasteiger partial charge in [0.05, 0.1) is 17.3 Å². The Morgan fingerprint density at radius 3 is 2.74 bits per heavy atom. The lowest BCUT2D eigenvalue weighted by molar-refractivity contribution is -0.0494. The minimum Gasteiger partial charge on any atom is -0.434 e. The number of nitriles is 1. The highest BCUT2D eigenvalue weighted by atomic mass is 19.3. The fourth-order valence-electron chi connectivity index (χ4n) is 1.84. The Balaban J connectivity index is 2.66. The molecular formula is C14H12F2N6O. The van der Waals surface area contributed by atoms with Crippen LogP contribution in [0.3, 0.4) is 0 Å². The van der Waals surface area contributed by atoms with E-state index in [1.807, 2.05) is 6.07 Å². The van der Waals surface area contributed by atoms with Gasteiger partial charge in [0.1, 0.15) is 11.4 Å². The van der Waals surface area contributed by atoms with Crippen LogP contribution in [0.25, 0.3) is 17.3 Å². The van der Waals surface area contributed by atoms with Crippen molar-refractivity contribution in [1.82, 2.24) is 15.2 Å². The second kappa shape index (κ2) is 6.65. The summed E-state index contributed by atoms with van der Waals surface area (Å²) in [5.41, 5.74) is 12.3. The van der Waals surface area contributed by atoms with Crippen molar-refractivity contribution < 1.29 is 13.5 Å². The molecule has 2 aromatic rings. The Morgan fingerprint density at radius 2 is 2.13 bits per heavy atom. The van der Waals surface area contributed by atoms with Crippen LogP contribution in [0.4, 0.5) is 14.7 Å². The molecule has 9 heteroatoms. The van der Waals surface area contributed by atoms with E-state index in [1.54, 1.807) is 6.92 Å². The van der Waals surface area contributed by atoms with Crippen molar-refractivity contribution in [1.29, 1.82) is 5.26 Å². The summed E-state index contributed by atoms with van der Waals surface area (Å²) in [5, 5.41) is 16.4. The average molecular weight is 318 g/mol. The lowest BCUT2D eigenvalue weighted by Gasteiger charge is -2.12. The number of rotatable bonds is 4. The van der Waals surface area contributed by atoms with Gasteiger partial charge in [0.15, 0.2) is 0 Å². The highest BCUT2D eigenvalue weighted by molar-refractivity contribution is 5.75. The second-order valence-corrected chi connectivity index (χ2v) is 4.49. The van der Waals surface area contributed by atoms with Gasteiger partial charge in [0, 0.05) is 11.3 Å². The molecule has 0 aliphatic carbocycles. The summed E-state index contributed by atoms with van der Waals surface area (Å²) < 4.78 is 29.7. The Bertz CT molecular complexity index is 796. The SMILES string of the molecule is CC(N)=Cc1nc(N)nnc1-c1ccc(C#N)cc1OC(F)F. The maximum absolute atomic E-state index is 12.6. The number of nitrogens with zero attached hydrogens (tertiary/aromatic N) is 4. The molecule has 1 aromatic heterocycles. The highest BCUT2D eigenvalue weighted by Crippen LogP contribution is 2.33. The molecule has 0 atom stereocenters. The molecule has 0 saturated carbocycles. The molecule has 0 amide bonds. The van der Waals surface area contributed by atoms with Crippen LogP contribution < -0.4 is 16.2 Å². The van der Waals surface area contributed by atoms with Crippen molar-refractivity contribution in [2.75, 3.05) is 5.73 Å². The summed E-state index contributed by atoms with van der Waals surface area (Å²) in [4.78, 5) is 3.99. The molecule has 0 bridgehead atoms. The third-order valence-electron chi connectivity index (χ3n) is 2.68. The van der Waals surface area contributed by atoms with Gasteiger partial charge in [-0.05, 0) is 31.2 Å². The Labute approximate surface area is 130 Å². The van der Waals surface area contributed by atoms with E-state index < -0.39 is 6.61 Å². The molecule has 0 spiro atoms. The minimum absolute atomic E-state index is 0.0915. The van der Waals surface area contributed by atoms with Crippen LogP contribution in [0, 0.1) is 11.3 Å². The average Bonchev–Trinajstić information content (AvgIpc) is 2.46. The maximum atomic E-state index is 12.6. The molecule has 0 aliphatic heterocycles. The number of hydrogen-bond acceptors (Lipinski definition) is 7. The van der Waals surface area contributed by atoms with E-state index in [0.29, 0.717) is 5.70 Å². The van der Waals surface area contributed by atoms with Gasteiger partial charge in [0.2, 0.25) is 5.95 Å². The fourth-order valence-corrected chi connectivity index (χ4v) is 1.84. The predicted octanol–water partition coefficient (Wildman–Crippen LogP) is 1.91. The number of aromatic nitrogens is 3. The van der Waals surface area contributed by atoms with Gasteiger partial charge in [-0.2, -0.15) is 14.0 Å². The van der Waals surface area contributed by atoms with Crippen molar-refractivity contribution in [3.63, 3.8) is 0 Å². The molecular weight excluding hydrogens is 306 g/mol. The molecule has 23 heavy (non-hydrogen) atoms. The molecule has 0 fully saturated rings. The van der Waals surface area contributed by atoms with Gasteiger partial charge >= 0.3 is 6.61 Å². The third kappa shape index (κ3) is 3.88. The number of anilines is 1. The first-order chi connectivity index (χ1) is 10.9. The van der Waals surface area contributed by atoms with Crippen LogP contribution in [0.2, 0.25) is 0 Å². The molecule has 0 radical (unpaired) electrons. The number of benzene rings is 1. The number of alkyl halides is 2. The molecule has 0 unspecified atom stereocenters. The summed E-state index contributed by atoms with van der Waals surface area (Å²) in [7, 11) is 0. The van der Waals surface area contributed by atoms with Crippen molar-refractivity contribution in [3.8, 4) is 23.1 Å². The first-order valence-electron chi connectivity index (χ1n) is 6.34. The van der Waals surface area contributed by atoms with Crippen LogP contribution in [0.1, 0.15) is 18.2 Å². The highest BCUT2D eigenvalue weighted by Gasteiger charge is 2.17. The third-order valence-corrected chi connectivity index (χ3v) is 2.68. The van der Waals surface area contributed by atoms with Crippen molar-refractivity contribution >= 4 is 12.0 Å². The number of allylic oxidation sites excluding steroid dienone is 1. The molecule has 0 aliphatic rings. The van der Waals surface area contributed by atoms with Crippen molar-refractivity contribution in [2.24, 2.45) is 5.73 Å². The van der Waals surface area contributed by atoms with Crippen molar-refractivity contribution in [2.45, 2.75) is 13.5 Å². The predicted molar refractivity (Wildman–Crippen MR) is 78.9 cm³/mol. The Morgan fingerprint density at radius 1 is 1.39 bits per heavy atom. The number of nitrogen functional groups attached to an aromatic ring is 1. The number of nitrogens with two attached hydrogens (primary N) is 2. The van der Waals surface area contributed by atoms with Gasteiger partial charge in [-0.3, -0.25) is 0 Å². The fraction of sp³-hybridized carbons (Fsp3) is 0.143. The smallest absolute Gasteiger partial charge is 0.387 e. The summed E-state index contributed by atoms with van der Waals surface area (Å²) in [6.45, 7) is -1.44. The van der Waals surface area contributed by atoms with E-state index in [9.17, 15) is 8.78 Å². The van der Waals surface area contributed by atoms with Crippen LogP contribution in [0.15, 0.2) is 23.9 Å². The Hall–Kier alpha value is -3.28. The van der Waals surface area contributed by atoms with E-state index in [2.05, 4.69) is 19.9 Å². The molecule has 2 rings (SSSR count). The molecule has 118 valence electrons. The molecule has 4 N–H and O–H groups in total. The van der Waals surface area contributed by atoms with Gasteiger partial charge in [-0.25, -0.2) is 4.98 Å². The monoisotopic (exact) mass is 318 g/mol. The van der Waals surface area contributed by atoms with Gasteiger partial charge in [-0.15, -0.1) is 10.2 Å². The molecule has 0 saturated heterocycles. The number of halogens is 2. The van der Waals surface area contributed by atoms with E-state index in [-0.39, 0.29) is 34.2 Å². The van der Waals surface area contributed by atoms with E-state index in [4.69, 9.17) is 16.7 Å².